The minimum Gasteiger partial charge on any atom is -0.480 e. The Bertz CT molecular complexity index is 562. The second-order valence-electron chi connectivity index (χ2n) is 5.80. The van der Waals surface area contributed by atoms with Crippen LogP contribution in [0.2, 0.25) is 0 Å². The fourth-order valence-electron chi connectivity index (χ4n) is 2.50. The standard InChI is InChI=1S/C16H24N4O3/c17-13(16(22)23)10-19-14(21)6-2-1-5-12-8-7-11-4-3-9-18-15(11)20-12/h7-8,13H,1-6,9-10,17H2,(H,18,20)(H,19,21)(H,22,23). The van der Waals surface area contributed by atoms with E-state index in [1.165, 1.54) is 5.56 Å². The van der Waals surface area contributed by atoms with E-state index < -0.39 is 12.0 Å². The first-order valence-electron chi connectivity index (χ1n) is 8.04. The van der Waals surface area contributed by atoms with Gasteiger partial charge in [0.2, 0.25) is 5.91 Å². The number of pyridine rings is 1. The average molecular weight is 320 g/mol. The summed E-state index contributed by atoms with van der Waals surface area (Å²) in [7, 11) is 0. The molecule has 0 fully saturated rings. The highest BCUT2D eigenvalue weighted by atomic mass is 16.4. The Morgan fingerprint density at radius 2 is 2.22 bits per heavy atom. The summed E-state index contributed by atoms with van der Waals surface area (Å²) in [5.74, 6) is -0.284. The van der Waals surface area contributed by atoms with Crippen LogP contribution in [0.3, 0.4) is 0 Å². The van der Waals surface area contributed by atoms with E-state index in [1.54, 1.807) is 0 Å². The van der Waals surface area contributed by atoms with Crippen molar-refractivity contribution in [2.75, 3.05) is 18.4 Å². The predicted molar refractivity (Wildman–Crippen MR) is 87.2 cm³/mol. The number of fused-ring (bicyclic) bond motifs is 1. The van der Waals surface area contributed by atoms with Gasteiger partial charge in [0, 0.05) is 25.2 Å². The maximum Gasteiger partial charge on any atom is 0.322 e. The van der Waals surface area contributed by atoms with E-state index in [4.69, 9.17) is 10.8 Å². The third kappa shape index (κ3) is 5.52. The maximum absolute atomic E-state index is 11.6. The minimum absolute atomic E-state index is 0.0355. The normalized spacial score (nSPS) is 14.5. The number of hydrogen-bond donors (Lipinski definition) is 4. The molecule has 0 spiro atoms. The fourth-order valence-corrected chi connectivity index (χ4v) is 2.50. The van der Waals surface area contributed by atoms with Crippen LogP contribution in [0.25, 0.3) is 0 Å². The summed E-state index contributed by atoms with van der Waals surface area (Å²) in [4.78, 5) is 26.7. The molecule has 126 valence electrons. The van der Waals surface area contributed by atoms with Crippen LogP contribution < -0.4 is 16.4 Å². The van der Waals surface area contributed by atoms with Crippen molar-refractivity contribution in [3.8, 4) is 0 Å². The highest BCUT2D eigenvalue weighted by molar-refractivity contribution is 5.78. The van der Waals surface area contributed by atoms with Gasteiger partial charge in [0.1, 0.15) is 11.9 Å². The molecule has 7 heteroatoms. The number of aromatic nitrogens is 1. The molecule has 7 nitrogen and oxygen atoms in total. The maximum atomic E-state index is 11.6. The van der Waals surface area contributed by atoms with E-state index in [-0.39, 0.29) is 12.5 Å². The van der Waals surface area contributed by atoms with Crippen molar-refractivity contribution in [2.24, 2.45) is 5.73 Å². The molecule has 23 heavy (non-hydrogen) atoms. The topological polar surface area (TPSA) is 117 Å². The average Bonchev–Trinajstić information content (AvgIpc) is 2.56. The minimum atomic E-state index is -1.11. The zero-order valence-corrected chi connectivity index (χ0v) is 13.2. The summed E-state index contributed by atoms with van der Waals surface area (Å²) in [6, 6.07) is 3.13. The number of unbranched alkanes of at least 4 members (excludes halogenated alkanes) is 1. The van der Waals surface area contributed by atoms with Gasteiger partial charge >= 0.3 is 5.97 Å². The first kappa shape index (κ1) is 17.2. The van der Waals surface area contributed by atoms with Gasteiger partial charge in [-0.3, -0.25) is 9.59 Å². The van der Waals surface area contributed by atoms with Gasteiger partial charge in [-0.05, 0) is 43.7 Å². The van der Waals surface area contributed by atoms with E-state index in [0.29, 0.717) is 6.42 Å². The lowest BCUT2D eigenvalue weighted by Gasteiger charge is -2.17. The van der Waals surface area contributed by atoms with E-state index in [9.17, 15) is 9.59 Å². The van der Waals surface area contributed by atoms with E-state index in [0.717, 1.165) is 50.2 Å². The molecule has 0 aromatic carbocycles. The number of hydrogen-bond acceptors (Lipinski definition) is 5. The van der Waals surface area contributed by atoms with Gasteiger partial charge in [0.15, 0.2) is 0 Å². The highest BCUT2D eigenvalue weighted by Crippen LogP contribution is 2.20. The molecule has 0 saturated heterocycles. The third-order valence-corrected chi connectivity index (χ3v) is 3.87. The Balaban J connectivity index is 1.65. The predicted octanol–water partition coefficient (Wildman–Crippen LogP) is 0.681. The number of carboxylic acids is 1. The first-order chi connectivity index (χ1) is 11.1. The Morgan fingerprint density at radius 3 is 3.00 bits per heavy atom. The van der Waals surface area contributed by atoms with Crippen LogP contribution in [0.5, 0.6) is 0 Å². The van der Waals surface area contributed by atoms with Crippen LogP contribution in [-0.2, 0) is 22.4 Å². The molecule has 2 heterocycles. The molecule has 1 aromatic heterocycles. The number of carbonyl (C=O) groups is 2. The highest BCUT2D eigenvalue weighted by Gasteiger charge is 2.13. The Labute approximate surface area is 135 Å². The quantitative estimate of drug-likeness (QED) is 0.523. The number of aryl methyl sites for hydroxylation is 2. The number of anilines is 1. The summed E-state index contributed by atoms with van der Waals surface area (Å²) in [6.45, 7) is 0.939. The van der Waals surface area contributed by atoms with Crippen LogP contribution in [0.1, 0.15) is 36.9 Å². The Morgan fingerprint density at radius 1 is 1.39 bits per heavy atom. The number of nitrogens with two attached hydrogens (primary N) is 1. The largest absolute Gasteiger partial charge is 0.480 e. The van der Waals surface area contributed by atoms with E-state index in [2.05, 4.69) is 27.8 Å². The van der Waals surface area contributed by atoms with Crippen molar-refractivity contribution >= 4 is 17.7 Å². The van der Waals surface area contributed by atoms with Gasteiger partial charge < -0.3 is 21.5 Å². The Kier molecular flexibility index (Phi) is 6.34. The van der Waals surface area contributed by atoms with Gasteiger partial charge in [-0.2, -0.15) is 0 Å². The molecular weight excluding hydrogens is 296 g/mol. The van der Waals surface area contributed by atoms with Gasteiger partial charge in [0.05, 0.1) is 0 Å². The lowest BCUT2D eigenvalue weighted by atomic mass is 10.1. The van der Waals surface area contributed by atoms with Gasteiger partial charge in [-0.15, -0.1) is 0 Å². The zero-order chi connectivity index (χ0) is 16.7. The smallest absolute Gasteiger partial charge is 0.322 e. The second-order valence-corrected chi connectivity index (χ2v) is 5.80. The summed E-state index contributed by atoms with van der Waals surface area (Å²) in [6.07, 6.45) is 5.03. The van der Waals surface area contributed by atoms with Crippen LogP contribution in [0.15, 0.2) is 12.1 Å². The van der Waals surface area contributed by atoms with Crippen LogP contribution in [-0.4, -0.2) is 41.1 Å². The monoisotopic (exact) mass is 320 g/mol. The summed E-state index contributed by atoms with van der Waals surface area (Å²) < 4.78 is 0. The van der Waals surface area contributed by atoms with Gasteiger partial charge in [-0.1, -0.05) is 6.07 Å². The fraction of sp³-hybridized carbons (Fsp3) is 0.562. The number of amides is 1. The Hall–Kier alpha value is -2.15. The van der Waals surface area contributed by atoms with Crippen molar-refractivity contribution in [2.45, 2.75) is 44.6 Å². The lowest BCUT2D eigenvalue weighted by Crippen LogP contribution is -2.42. The molecule has 1 aromatic rings. The van der Waals surface area contributed by atoms with Crippen LogP contribution in [0, 0.1) is 0 Å². The number of nitrogens with zero attached hydrogens (tertiary/aromatic N) is 1. The van der Waals surface area contributed by atoms with E-state index in [1.807, 2.05) is 0 Å². The molecule has 1 atom stereocenters. The van der Waals surface area contributed by atoms with Crippen LogP contribution >= 0.6 is 0 Å². The number of rotatable bonds is 8. The zero-order valence-electron chi connectivity index (χ0n) is 13.2. The molecule has 1 aliphatic rings. The summed E-state index contributed by atoms with van der Waals surface area (Å²) >= 11 is 0. The molecule has 1 aliphatic heterocycles. The number of aliphatic carboxylic acids is 1. The number of nitrogens with one attached hydrogen (secondary N) is 2. The lowest BCUT2D eigenvalue weighted by molar-refractivity contribution is -0.138. The second kappa shape index (κ2) is 8.47. The summed E-state index contributed by atoms with van der Waals surface area (Å²) in [5.41, 5.74) is 7.63. The summed E-state index contributed by atoms with van der Waals surface area (Å²) in [5, 5.41) is 14.5. The molecular formula is C16H24N4O3. The number of carbonyl (C=O) groups excluding carboxylic acids is 1. The SMILES string of the molecule is NC(CNC(=O)CCCCc1ccc2c(n1)NCCC2)C(=O)O. The molecule has 0 aliphatic carbocycles. The molecule has 0 bridgehead atoms. The molecule has 2 rings (SSSR count). The van der Waals surface area contributed by atoms with Crippen molar-refractivity contribution < 1.29 is 14.7 Å². The third-order valence-electron chi connectivity index (χ3n) is 3.87. The van der Waals surface area contributed by atoms with E-state index >= 15 is 0 Å². The first-order valence-corrected chi connectivity index (χ1v) is 8.04. The molecule has 1 amide bonds. The molecule has 5 N–H and O–H groups in total. The van der Waals surface area contributed by atoms with Crippen LogP contribution in [0.4, 0.5) is 5.82 Å². The number of carboxylic acid groups (broad SMARTS) is 1. The van der Waals surface area contributed by atoms with Crippen molar-refractivity contribution in [3.05, 3.63) is 23.4 Å². The van der Waals surface area contributed by atoms with Gasteiger partial charge in [-0.25, -0.2) is 4.98 Å². The molecule has 0 saturated carbocycles. The van der Waals surface area contributed by atoms with Crippen molar-refractivity contribution in [3.63, 3.8) is 0 Å². The van der Waals surface area contributed by atoms with Gasteiger partial charge in [0.25, 0.3) is 0 Å². The molecule has 1 unspecified atom stereocenters. The van der Waals surface area contributed by atoms with Crippen molar-refractivity contribution in [1.82, 2.24) is 10.3 Å². The molecule has 0 radical (unpaired) electrons. The van der Waals surface area contributed by atoms with Crippen molar-refractivity contribution in [1.29, 1.82) is 0 Å².